The third-order valence-corrected chi connectivity index (χ3v) is 4.09. The number of nitrogens with zero attached hydrogens (tertiary/aromatic N) is 3. The monoisotopic (exact) mass is 352 g/mol. The van der Waals surface area contributed by atoms with Gasteiger partial charge in [-0.05, 0) is 45.4 Å². The molecule has 1 N–H and O–H groups in total. The van der Waals surface area contributed by atoms with Crippen LogP contribution in [-0.4, -0.2) is 27.3 Å². The summed E-state index contributed by atoms with van der Waals surface area (Å²) >= 11 is 0. The molecule has 0 aliphatic heterocycles. The quantitative estimate of drug-likeness (QED) is 0.715. The molecule has 136 valence electrons. The summed E-state index contributed by atoms with van der Waals surface area (Å²) in [6, 6.07) is 9.50. The van der Waals surface area contributed by atoms with Gasteiger partial charge in [0.2, 0.25) is 0 Å². The Morgan fingerprint density at radius 3 is 2.81 bits per heavy atom. The number of aromatic nitrogens is 3. The summed E-state index contributed by atoms with van der Waals surface area (Å²) in [4.78, 5) is 17.4. The van der Waals surface area contributed by atoms with Gasteiger partial charge in [0.05, 0.1) is 29.7 Å². The third-order valence-electron chi connectivity index (χ3n) is 4.09. The average Bonchev–Trinajstić information content (AvgIpc) is 3.03. The van der Waals surface area contributed by atoms with E-state index in [1.54, 1.807) is 6.20 Å². The average molecular weight is 352 g/mol. The van der Waals surface area contributed by atoms with E-state index in [1.807, 2.05) is 48.9 Å². The molecule has 0 fully saturated rings. The van der Waals surface area contributed by atoms with Gasteiger partial charge in [-0.3, -0.25) is 4.79 Å². The van der Waals surface area contributed by atoms with E-state index >= 15 is 0 Å². The number of carbonyl (C=O) groups excluding carboxylic acids is 1. The first-order chi connectivity index (χ1) is 12.5. The fourth-order valence-electron chi connectivity index (χ4n) is 2.77. The minimum Gasteiger partial charge on any atom is -0.491 e. The van der Waals surface area contributed by atoms with Gasteiger partial charge in [0, 0.05) is 11.4 Å². The van der Waals surface area contributed by atoms with Gasteiger partial charge in [-0.2, -0.15) is 5.10 Å². The van der Waals surface area contributed by atoms with Gasteiger partial charge in [0.15, 0.2) is 5.65 Å². The van der Waals surface area contributed by atoms with Crippen LogP contribution in [0.5, 0.6) is 5.75 Å². The fourth-order valence-corrected chi connectivity index (χ4v) is 2.77. The number of rotatable bonds is 6. The topological polar surface area (TPSA) is 69.0 Å². The molecule has 0 unspecified atom stereocenters. The smallest absolute Gasteiger partial charge is 0.257 e. The van der Waals surface area contributed by atoms with Crippen molar-refractivity contribution in [1.29, 1.82) is 0 Å². The molecular formula is C20H24N4O2. The van der Waals surface area contributed by atoms with E-state index in [1.165, 1.54) is 0 Å². The molecule has 0 atom stereocenters. The van der Waals surface area contributed by atoms with E-state index in [2.05, 4.69) is 29.2 Å². The maximum absolute atomic E-state index is 12.8. The van der Waals surface area contributed by atoms with Crippen molar-refractivity contribution >= 4 is 22.6 Å². The van der Waals surface area contributed by atoms with Crippen molar-refractivity contribution in [2.24, 2.45) is 0 Å². The lowest BCUT2D eigenvalue weighted by molar-refractivity contribution is 0.102. The van der Waals surface area contributed by atoms with E-state index in [9.17, 15) is 4.79 Å². The Bertz CT molecular complexity index is 931. The molecule has 1 amide bonds. The van der Waals surface area contributed by atoms with Crippen molar-refractivity contribution in [2.75, 3.05) is 11.9 Å². The highest BCUT2D eigenvalue weighted by molar-refractivity contribution is 6.07. The number of benzene rings is 1. The molecule has 2 aromatic heterocycles. The molecular weight excluding hydrogens is 328 g/mol. The Morgan fingerprint density at radius 2 is 2.08 bits per heavy atom. The lowest BCUT2D eigenvalue weighted by atomic mass is 10.1. The van der Waals surface area contributed by atoms with E-state index < -0.39 is 0 Å². The zero-order valence-electron chi connectivity index (χ0n) is 15.6. The zero-order chi connectivity index (χ0) is 18.7. The van der Waals surface area contributed by atoms with Crippen LogP contribution in [-0.2, 0) is 0 Å². The molecule has 1 aromatic carbocycles. The van der Waals surface area contributed by atoms with Crippen LogP contribution in [0.2, 0.25) is 0 Å². The van der Waals surface area contributed by atoms with E-state index in [0.717, 1.165) is 17.5 Å². The van der Waals surface area contributed by atoms with Gasteiger partial charge in [-0.1, -0.05) is 19.1 Å². The van der Waals surface area contributed by atoms with Crippen LogP contribution in [0.4, 0.5) is 5.69 Å². The van der Waals surface area contributed by atoms with Crippen molar-refractivity contribution in [3.8, 4) is 5.75 Å². The molecule has 0 bridgehead atoms. The van der Waals surface area contributed by atoms with E-state index in [4.69, 9.17) is 4.74 Å². The standard InChI is InChI=1S/C20H24N4O2/c1-5-10-26-18-9-7-6-8-17(18)23-20(25)16-11-15-12-21-24(13(2)3)19(15)22-14(16)4/h6-9,11-13H,5,10H2,1-4H3,(H,23,25). The summed E-state index contributed by atoms with van der Waals surface area (Å²) in [5, 5.41) is 8.16. The predicted molar refractivity (Wildman–Crippen MR) is 103 cm³/mol. The Balaban J connectivity index is 1.90. The highest BCUT2D eigenvalue weighted by Crippen LogP contribution is 2.26. The van der Waals surface area contributed by atoms with Crippen LogP contribution in [0.3, 0.4) is 0 Å². The highest BCUT2D eigenvalue weighted by atomic mass is 16.5. The Kier molecular flexibility index (Phi) is 5.21. The van der Waals surface area contributed by atoms with E-state index in [-0.39, 0.29) is 11.9 Å². The van der Waals surface area contributed by atoms with Crippen LogP contribution < -0.4 is 10.1 Å². The van der Waals surface area contributed by atoms with Crippen molar-refractivity contribution < 1.29 is 9.53 Å². The molecule has 0 spiro atoms. The summed E-state index contributed by atoms with van der Waals surface area (Å²) in [5.41, 5.74) is 2.65. The molecule has 0 saturated heterocycles. The van der Waals surface area contributed by atoms with Crippen LogP contribution >= 0.6 is 0 Å². The molecule has 0 saturated carbocycles. The molecule has 2 heterocycles. The van der Waals surface area contributed by atoms with Gasteiger partial charge in [-0.25, -0.2) is 9.67 Å². The van der Waals surface area contributed by atoms with Gasteiger partial charge in [0.1, 0.15) is 5.75 Å². The van der Waals surface area contributed by atoms with Gasteiger partial charge in [-0.15, -0.1) is 0 Å². The second-order valence-electron chi connectivity index (χ2n) is 6.52. The summed E-state index contributed by atoms with van der Waals surface area (Å²) in [6.45, 7) is 8.59. The minimum atomic E-state index is -0.207. The number of amides is 1. The number of para-hydroxylation sites is 2. The molecule has 26 heavy (non-hydrogen) atoms. The number of fused-ring (bicyclic) bond motifs is 1. The molecule has 0 radical (unpaired) electrons. The van der Waals surface area contributed by atoms with Crippen LogP contribution in [0, 0.1) is 6.92 Å². The maximum atomic E-state index is 12.8. The SMILES string of the molecule is CCCOc1ccccc1NC(=O)c1cc2cnn(C(C)C)c2nc1C. The van der Waals surface area contributed by atoms with Gasteiger partial charge >= 0.3 is 0 Å². The Morgan fingerprint density at radius 1 is 1.31 bits per heavy atom. The summed E-state index contributed by atoms with van der Waals surface area (Å²) in [6.07, 6.45) is 2.65. The minimum absolute atomic E-state index is 0.207. The lowest BCUT2D eigenvalue weighted by Gasteiger charge is -2.13. The molecule has 0 aliphatic carbocycles. The van der Waals surface area contributed by atoms with Crippen LogP contribution in [0.1, 0.15) is 49.3 Å². The van der Waals surface area contributed by atoms with E-state index in [0.29, 0.717) is 29.3 Å². The van der Waals surface area contributed by atoms with Crippen LogP contribution in [0.25, 0.3) is 11.0 Å². The first-order valence-electron chi connectivity index (χ1n) is 8.89. The van der Waals surface area contributed by atoms with Crippen LogP contribution in [0.15, 0.2) is 36.5 Å². The Labute approximate surface area is 153 Å². The number of hydrogen-bond acceptors (Lipinski definition) is 4. The van der Waals surface area contributed by atoms with Crippen molar-refractivity contribution in [3.63, 3.8) is 0 Å². The molecule has 3 rings (SSSR count). The number of aryl methyl sites for hydroxylation is 1. The third kappa shape index (κ3) is 3.54. The van der Waals surface area contributed by atoms with Gasteiger partial charge < -0.3 is 10.1 Å². The molecule has 3 aromatic rings. The second kappa shape index (κ2) is 7.56. The normalized spacial score (nSPS) is 11.1. The molecule has 6 heteroatoms. The Hall–Kier alpha value is -2.89. The summed E-state index contributed by atoms with van der Waals surface area (Å²) < 4.78 is 7.57. The predicted octanol–water partition coefficient (Wildman–Crippen LogP) is 4.36. The van der Waals surface area contributed by atoms with Crippen molar-refractivity contribution in [1.82, 2.24) is 14.8 Å². The second-order valence-corrected chi connectivity index (χ2v) is 6.52. The molecule has 0 aliphatic rings. The first kappa shape index (κ1) is 17.9. The summed E-state index contributed by atoms with van der Waals surface area (Å²) in [7, 11) is 0. The van der Waals surface area contributed by atoms with Gasteiger partial charge in [0.25, 0.3) is 5.91 Å². The number of ether oxygens (including phenoxy) is 1. The number of hydrogen-bond donors (Lipinski definition) is 1. The largest absolute Gasteiger partial charge is 0.491 e. The maximum Gasteiger partial charge on any atom is 0.257 e. The molecule has 6 nitrogen and oxygen atoms in total. The first-order valence-corrected chi connectivity index (χ1v) is 8.89. The number of anilines is 1. The van der Waals surface area contributed by atoms with Crippen molar-refractivity contribution in [2.45, 2.75) is 40.2 Å². The number of pyridine rings is 1. The highest BCUT2D eigenvalue weighted by Gasteiger charge is 2.16. The van der Waals surface area contributed by atoms with Crippen molar-refractivity contribution in [3.05, 3.63) is 47.8 Å². The lowest BCUT2D eigenvalue weighted by Crippen LogP contribution is -2.15. The number of carbonyl (C=O) groups is 1. The number of nitrogens with one attached hydrogen (secondary N) is 1. The fraction of sp³-hybridized carbons (Fsp3) is 0.350. The zero-order valence-corrected chi connectivity index (χ0v) is 15.6. The summed E-state index contributed by atoms with van der Waals surface area (Å²) in [5.74, 6) is 0.462.